The van der Waals surface area contributed by atoms with E-state index >= 15 is 0 Å². The van der Waals surface area contributed by atoms with Crippen molar-refractivity contribution in [3.8, 4) is 0 Å². The SMILES string of the molecule is C/C=C1/C[N+]2(C)[C@H]3C[C@@H]1C(CO)(C(=O)OC)[C@@H]2Cc1c3[nH]c2ccccc12. The van der Waals surface area contributed by atoms with Crippen molar-refractivity contribution in [3.63, 3.8) is 0 Å². The first kappa shape index (κ1) is 17.0. The predicted octanol–water partition coefficient (Wildman–Crippen LogP) is 2.71. The van der Waals surface area contributed by atoms with Gasteiger partial charge in [-0.1, -0.05) is 24.3 Å². The van der Waals surface area contributed by atoms with Crippen molar-refractivity contribution < 1.29 is 19.1 Å². The average molecular weight is 367 g/mol. The number of hydrogen-bond acceptors (Lipinski definition) is 3. The number of piperidine rings is 3. The maximum atomic E-state index is 13.1. The molecule has 27 heavy (non-hydrogen) atoms. The van der Waals surface area contributed by atoms with E-state index < -0.39 is 5.41 Å². The lowest BCUT2D eigenvalue weighted by molar-refractivity contribution is -0.981. The maximum Gasteiger partial charge on any atom is 0.320 e. The average Bonchev–Trinajstić information content (AvgIpc) is 3.05. The van der Waals surface area contributed by atoms with Crippen LogP contribution in [-0.4, -0.2) is 53.9 Å². The van der Waals surface area contributed by atoms with Gasteiger partial charge >= 0.3 is 5.97 Å². The van der Waals surface area contributed by atoms with Crippen LogP contribution in [0.2, 0.25) is 0 Å². The number of nitrogens with one attached hydrogen (secondary N) is 1. The van der Waals surface area contributed by atoms with Gasteiger partial charge in [0.25, 0.3) is 0 Å². The lowest BCUT2D eigenvalue weighted by Crippen LogP contribution is -2.76. The van der Waals surface area contributed by atoms with Crippen molar-refractivity contribution in [2.45, 2.75) is 31.8 Å². The van der Waals surface area contributed by atoms with E-state index in [1.54, 1.807) is 0 Å². The second kappa shape index (κ2) is 5.46. The topological polar surface area (TPSA) is 62.3 Å². The number of carbonyl (C=O) groups is 1. The molecule has 5 nitrogen and oxygen atoms in total. The van der Waals surface area contributed by atoms with Gasteiger partial charge in [0.05, 0.1) is 26.5 Å². The standard InChI is InChI=1S/C22H27N2O3/c1-4-13-11-24(2)18-10-16(13)22(12-25,21(26)27-3)19(24)9-15-14-7-5-6-8-17(14)23-20(15)18/h4-8,16,18-19,23,25H,9-12H2,1-3H3/q+1/b13-4-/t16-,18-,19-,22?,24?/m0/s1. The van der Waals surface area contributed by atoms with E-state index in [0.717, 1.165) is 29.4 Å². The Morgan fingerprint density at radius 1 is 1.44 bits per heavy atom. The van der Waals surface area contributed by atoms with Crippen LogP contribution in [0.4, 0.5) is 0 Å². The molecule has 1 aromatic heterocycles. The van der Waals surface area contributed by atoms with Gasteiger partial charge in [-0.2, -0.15) is 0 Å². The number of hydrogen-bond donors (Lipinski definition) is 2. The molecular formula is C22H27N2O3+. The smallest absolute Gasteiger partial charge is 0.320 e. The fraction of sp³-hybridized carbons (Fsp3) is 0.500. The summed E-state index contributed by atoms with van der Waals surface area (Å²) in [5.41, 5.74) is 4.23. The number of esters is 1. The molecule has 4 bridgehead atoms. The number of fused-ring (bicyclic) bond motifs is 4. The van der Waals surface area contributed by atoms with E-state index in [1.165, 1.54) is 29.3 Å². The van der Waals surface area contributed by atoms with Crippen LogP contribution in [0.5, 0.6) is 0 Å². The second-order valence-electron chi connectivity index (χ2n) is 8.65. The number of likely N-dealkylation sites (N-methyl/N-ethyl adjacent to an activating group) is 1. The van der Waals surface area contributed by atoms with Gasteiger partial charge in [0.2, 0.25) is 0 Å². The molecular weight excluding hydrogens is 340 g/mol. The van der Waals surface area contributed by atoms with Gasteiger partial charge in [-0.15, -0.1) is 0 Å². The summed E-state index contributed by atoms with van der Waals surface area (Å²) in [5, 5.41) is 11.8. The number of benzene rings is 1. The number of aromatic nitrogens is 1. The molecule has 0 spiro atoms. The Balaban J connectivity index is 1.78. The number of aliphatic hydroxyl groups is 1. The van der Waals surface area contributed by atoms with Gasteiger partial charge in [-0.3, -0.25) is 4.79 Å². The number of nitrogens with zero attached hydrogens (tertiary/aromatic N) is 1. The maximum absolute atomic E-state index is 13.1. The Morgan fingerprint density at radius 3 is 2.93 bits per heavy atom. The van der Waals surface area contributed by atoms with Crippen molar-refractivity contribution >= 4 is 16.9 Å². The minimum Gasteiger partial charge on any atom is -0.468 e. The predicted molar refractivity (Wildman–Crippen MR) is 103 cm³/mol. The molecule has 1 aromatic carbocycles. The van der Waals surface area contributed by atoms with Crippen LogP contribution in [-0.2, 0) is 16.0 Å². The number of aliphatic hydroxyl groups excluding tert-OH is 1. The number of allylic oxidation sites excluding steroid dienone is 1. The summed E-state index contributed by atoms with van der Waals surface area (Å²) in [6.07, 6.45) is 3.80. The Bertz CT molecular complexity index is 977. The first-order valence-corrected chi connectivity index (χ1v) is 9.80. The Labute approximate surface area is 159 Å². The Morgan fingerprint density at radius 2 is 2.22 bits per heavy atom. The molecule has 3 fully saturated rings. The molecule has 5 atom stereocenters. The number of quaternary nitrogens is 1. The molecule has 142 valence electrons. The molecule has 4 aliphatic rings. The number of ether oxygens (including phenoxy) is 1. The molecule has 0 amide bonds. The molecule has 4 aliphatic heterocycles. The van der Waals surface area contributed by atoms with Crippen LogP contribution in [0.1, 0.15) is 30.6 Å². The van der Waals surface area contributed by atoms with Gasteiger partial charge in [0.15, 0.2) is 0 Å². The summed E-state index contributed by atoms with van der Waals surface area (Å²) in [7, 11) is 3.71. The number of H-pyrrole nitrogens is 1. The Kier molecular flexibility index (Phi) is 3.44. The number of methoxy groups -OCH3 is 1. The van der Waals surface area contributed by atoms with Crippen LogP contribution < -0.4 is 0 Å². The number of rotatable bonds is 2. The minimum absolute atomic E-state index is 0.0223. The summed E-state index contributed by atoms with van der Waals surface area (Å²) in [4.78, 5) is 16.8. The van der Waals surface area contributed by atoms with Crippen LogP contribution in [0.3, 0.4) is 0 Å². The number of carbonyl (C=O) groups excluding carboxylic acids is 1. The molecule has 5 heteroatoms. The largest absolute Gasteiger partial charge is 0.468 e. The van der Waals surface area contributed by atoms with Gasteiger partial charge in [-0.05, 0) is 24.1 Å². The zero-order valence-electron chi connectivity index (χ0n) is 16.2. The monoisotopic (exact) mass is 367 g/mol. The third-order valence-corrected chi connectivity index (χ3v) is 7.85. The Hall–Kier alpha value is -2.11. The first-order valence-electron chi connectivity index (χ1n) is 9.80. The molecule has 2 aromatic rings. The second-order valence-corrected chi connectivity index (χ2v) is 8.65. The molecule has 5 heterocycles. The fourth-order valence-electron chi connectivity index (χ4n) is 6.62. The summed E-state index contributed by atoms with van der Waals surface area (Å²) in [6.45, 7) is 2.82. The van der Waals surface area contributed by atoms with Crippen molar-refractivity contribution in [2.24, 2.45) is 11.3 Å². The summed E-state index contributed by atoms with van der Waals surface area (Å²) in [6, 6.07) is 8.76. The quantitative estimate of drug-likeness (QED) is 0.487. The zero-order valence-corrected chi connectivity index (χ0v) is 16.2. The molecule has 3 saturated heterocycles. The highest BCUT2D eigenvalue weighted by atomic mass is 16.5. The van der Waals surface area contributed by atoms with Crippen molar-refractivity contribution in [1.82, 2.24) is 4.98 Å². The summed E-state index contributed by atoms with van der Waals surface area (Å²) >= 11 is 0. The first-order chi connectivity index (χ1) is 13.0. The lowest BCUT2D eigenvalue weighted by Gasteiger charge is -2.66. The zero-order chi connectivity index (χ0) is 19.0. The van der Waals surface area contributed by atoms with Crippen LogP contribution in [0.15, 0.2) is 35.9 Å². The summed E-state index contributed by atoms with van der Waals surface area (Å²) in [5.74, 6) is -0.223. The molecule has 0 saturated carbocycles. The normalized spacial score (nSPS) is 38.2. The molecule has 6 rings (SSSR count). The molecule has 2 N–H and O–H groups in total. The third-order valence-electron chi connectivity index (χ3n) is 7.85. The van der Waals surface area contributed by atoms with E-state index in [2.05, 4.69) is 42.4 Å². The minimum atomic E-state index is -0.865. The molecule has 0 aliphatic carbocycles. The lowest BCUT2D eigenvalue weighted by atomic mass is 9.54. The highest BCUT2D eigenvalue weighted by Gasteiger charge is 2.71. The van der Waals surface area contributed by atoms with Gasteiger partial charge in [0, 0.05) is 29.7 Å². The van der Waals surface area contributed by atoms with Gasteiger partial charge in [0.1, 0.15) is 24.0 Å². The van der Waals surface area contributed by atoms with Gasteiger partial charge < -0.3 is 19.3 Å². The molecule has 0 radical (unpaired) electrons. The molecule has 2 unspecified atom stereocenters. The van der Waals surface area contributed by atoms with Crippen molar-refractivity contribution in [1.29, 1.82) is 0 Å². The van der Waals surface area contributed by atoms with Crippen LogP contribution >= 0.6 is 0 Å². The van der Waals surface area contributed by atoms with E-state index in [0.29, 0.717) is 6.04 Å². The van der Waals surface area contributed by atoms with Crippen LogP contribution in [0, 0.1) is 11.3 Å². The van der Waals surface area contributed by atoms with Crippen molar-refractivity contribution in [3.05, 3.63) is 47.2 Å². The van der Waals surface area contributed by atoms with Crippen LogP contribution in [0.25, 0.3) is 10.9 Å². The third kappa shape index (κ3) is 1.84. The van der Waals surface area contributed by atoms with Gasteiger partial charge in [-0.25, -0.2) is 0 Å². The summed E-state index contributed by atoms with van der Waals surface area (Å²) < 4.78 is 6.05. The fourth-order valence-corrected chi connectivity index (χ4v) is 6.62. The van der Waals surface area contributed by atoms with E-state index in [4.69, 9.17) is 4.74 Å². The van der Waals surface area contributed by atoms with E-state index in [1.807, 2.05) is 6.92 Å². The van der Waals surface area contributed by atoms with Crippen molar-refractivity contribution in [2.75, 3.05) is 27.3 Å². The highest BCUT2D eigenvalue weighted by molar-refractivity contribution is 5.86. The number of aromatic amines is 1. The van der Waals surface area contributed by atoms with E-state index in [-0.39, 0.29) is 24.5 Å². The highest BCUT2D eigenvalue weighted by Crippen LogP contribution is 2.62. The number of para-hydroxylation sites is 1. The van der Waals surface area contributed by atoms with E-state index in [9.17, 15) is 9.90 Å².